The highest BCUT2D eigenvalue weighted by molar-refractivity contribution is 5.32. The van der Waals surface area contributed by atoms with Gasteiger partial charge in [0.25, 0.3) is 0 Å². The maximum atomic E-state index is 12.9. The third kappa shape index (κ3) is 3.82. The number of halogens is 3. The first-order chi connectivity index (χ1) is 9.77. The SMILES string of the molecule is Cc1cc(C)cc(CC(O)c2cnccc2C(F)(F)F)c1. The summed E-state index contributed by atoms with van der Waals surface area (Å²) in [6.45, 7) is 3.82. The lowest BCUT2D eigenvalue weighted by Crippen LogP contribution is -2.14. The Morgan fingerprint density at radius 2 is 1.76 bits per heavy atom. The second kappa shape index (κ2) is 5.85. The number of aliphatic hydroxyl groups is 1. The van der Waals surface area contributed by atoms with Crippen LogP contribution in [-0.4, -0.2) is 10.1 Å². The van der Waals surface area contributed by atoms with E-state index < -0.39 is 17.8 Å². The number of hydrogen-bond acceptors (Lipinski definition) is 2. The van der Waals surface area contributed by atoms with Crippen LogP contribution in [0.3, 0.4) is 0 Å². The van der Waals surface area contributed by atoms with Crippen LogP contribution in [0.25, 0.3) is 0 Å². The first-order valence-corrected chi connectivity index (χ1v) is 6.53. The van der Waals surface area contributed by atoms with Crippen molar-refractivity contribution in [1.29, 1.82) is 0 Å². The molecule has 1 aromatic carbocycles. The van der Waals surface area contributed by atoms with E-state index in [1.54, 1.807) is 0 Å². The topological polar surface area (TPSA) is 33.1 Å². The summed E-state index contributed by atoms with van der Waals surface area (Å²) in [7, 11) is 0. The summed E-state index contributed by atoms with van der Waals surface area (Å²) in [6.07, 6.45) is -3.46. The fraction of sp³-hybridized carbons (Fsp3) is 0.312. The van der Waals surface area contributed by atoms with Crippen molar-refractivity contribution >= 4 is 0 Å². The van der Waals surface area contributed by atoms with Gasteiger partial charge in [-0.05, 0) is 25.5 Å². The summed E-state index contributed by atoms with van der Waals surface area (Å²) in [5.74, 6) is 0. The van der Waals surface area contributed by atoms with Gasteiger partial charge >= 0.3 is 6.18 Å². The van der Waals surface area contributed by atoms with Crippen LogP contribution in [0, 0.1) is 13.8 Å². The van der Waals surface area contributed by atoms with E-state index in [0.29, 0.717) is 0 Å². The number of benzene rings is 1. The molecule has 1 aromatic heterocycles. The maximum Gasteiger partial charge on any atom is 0.416 e. The van der Waals surface area contributed by atoms with Gasteiger partial charge in [0, 0.05) is 24.4 Å². The van der Waals surface area contributed by atoms with Crippen molar-refractivity contribution in [1.82, 2.24) is 4.98 Å². The molecule has 2 rings (SSSR count). The minimum Gasteiger partial charge on any atom is -0.388 e. The molecule has 1 heterocycles. The minimum atomic E-state index is -4.50. The number of pyridine rings is 1. The van der Waals surface area contributed by atoms with Gasteiger partial charge in [-0.1, -0.05) is 29.3 Å². The molecule has 0 bridgehead atoms. The highest BCUT2D eigenvalue weighted by atomic mass is 19.4. The van der Waals surface area contributed by atoms with Crippen LogP contribution in [-0.2, 0) is 12.6 Å². The van der Waals surface area contributed by atoms with Gasteiger partial charge in [0.15, 0.2) is 0 Å². The number of aliphatic hydroxyl groups excluding tert-OH is 1. The van der Waals surface area contributed by atoms with Gasteiger partial charge in [-0.25, -0.2) is 0 Å². The standard InChI is InChI=1S/C16H16F3NO/c1-10-5-11(2)7-12(6-10)8-15(21)13-9-20-4-3-14(13)16(17,18)19/h3-7,9,15,21H,8H2,1-2H3. The molecule has 1 atom stereocenters. The molecule has 0 radical (unpaired) electrons. The van der Waals surface area contributed by atoms with Gasteiger partial charge in [-0.15, -0.1) is 0 Å². The molecule has 0 saturated heterocycles. The fourth-order valence-corrected chi connectivity index (χ4v) is 2.45. The number of aryl methyl sites for hydroxylation is 2. The van der Waals surface area contributed by atoms with E-state index in [1.165, 1.54) is 0 Å². The normalized spacial score (nSPS) is 13.2. The number of hydrogen-bond donors (Lipinski definition) is 1. The van der Waals surface area contributed by atoms with E-state index in [1.807, 2.05) is 32.0 Å². The van der Waals surface area contributed by atoms with Crippen LogP contribution < -0.4 is 0 Å². The third-order valence-electron chi connectivity index (χ3n) is 3.23. The molecular formula is C16H16F3NO. The molecule has 112 valence electrons. The minimum absolute atomic E-state index is 0.122. The van der Waals surface area contributed by atoms with Crippen molar-refractivity contribution in [3.8, 4) is 0 Å². The lowest BCUT2D eigenvalue weighted by atomic mass is 9.96. The molecule has 2 nitrogen and oxygen atoms in total. The van der Waals surface area contributed by atoms with Crippen molar-refractivity contribution in [3.05, 3.63) is 64.5 Å². The summed E-state index contributed by atoms with van der Waals surface area (Å²) in [6, 6.07) is 6.58. The summed E-state index contributed by atoms with van der Waals surface area (Å²) in [5.41, 5.74) is 1.80. The number of nitrogens with zero attached hydrogens (tertiary/aromatic N) is 1. The molecule has 5 heteroatoms. The average Bonchev–Trinajstić information content (AvgIpc) is 2.36. The average molecular weight is 295 g/mol. The molecule has 2 aromatic rings. The highest BCUT2D eigenvalue weighted by Crippen LogP contribution is 2.35. The summed E-state index contributed by atoms with van der Waals surface area (Å²) >= 11 is 0. The van der Waals surface area contributed by atoms with Crippen LogP contribution in [0.1, 0.15) is 33.9 Å². The smallest absolute Gasteiger partial charge is 0.388 e. The molecule has 0 fully saturated rings. The van der Waals surface area contributed by atoms with Gasteiger partial charge < -0.3 is 5.11 Å². The molecule has 0 amide bonds. The Hall–Kier alpha value is -1.88. The first-order valence-electron chi connectivity index (χ1n) is 6.53. The second-order valence-electron chi connectivity index (χ2n) is 5.18. The molecule has 0 aliphatic carbocycles. The molecule has 1 N–H and O–H groups in total. The van der Waals surface area contributed by atoms with Crippen LogP contribution in [0.2, 0.25) is 0 Å². The molecule has 1 unspecified atom stereocenters. The molecule has 0 aliphatic rings. The van der Waals surface area contributed by atoms with Gasteiger partial charge in [0.1, 0.15) is 0 Å². The van der Waals surface area contributed by atoms with Gasteiger partial charge in [0.05, 0.1) is 11.7 Å². The van der Waals surface area contributed by atoms with Crippen LogP contribution in [0.15, 0.2) is 36.7 Å². The van der Waals surface area contributed by atoms with Crippen molar-refractivity contribution in [2.45, 2.75) is 32.5 Å². The van der Waals surface area contributed by atoms with Gasteiger partial charge in [-0.2, -0.15) is 13.2 Å². The second-order valence-corrected chi connectivity index (χ2v) is 5.18. The Balaban J connectivity index is 2.31. The van der Waals surface area contributed by atoms with E-state index in [2.05, 4.69) is 4.98 Å². The van der Waals surface area contributed by atoms with E-state index in [9.17, 15) is 18.3 Å². The summed E-state index contributed by atoms with van der Waals surface area (Å²) < 4.78 is 38.8. The van der Waals surface area contributed by atoms with Crippen molar-refractivity contribution in [2.24, 2.45) is 0 Å². The number of aromatic nitrogens is 1. The van der Waals surface area contributed by atoms with E-state index in [-0.39, 0.29) is 12.0 Å². The van der Waals surface area contributed by atoms with Crippen molar-refractivity contribution in [3.63, 3.8) is 0 Å². The first kappa shape index (κ1) is 15.5. The predicted molar refractivity (Wildman–Crippen MR) is 73.8 cm³/mol. The Labute approximate surface area is 121 Å². The zero-order valence-electron chi connectivity index (χ0n) is 11.8. The summed E-state index contributed by atoms with van der Waals surface area (Å²) in [4.78, 5) is 3.70. The Kier molecular flexibility index (Phi) is 4.32. The lowest BCUT2D eigenvalue weighted by molar-refractivity contribution is -0.139. The molecule has 21 heavy (non-hydrogen) atoms. The van der Waals surface area contributed by atoms with Crippen molar-refractivity contribution < 1.29 is 18.3 Å². The highest BCUT2D eigenvalue weighted by Gasteiger charge is 2.34. The Morgan fingerprint density at radius 1 is 1.14 bits per heavy atom. The largest absolute Gasteiger partial charge is 0.416 e. The zero-order chi connectivity index (χ0) is 15.6. The molecular weight excluding hydrogens is 279 g/mol. The van der Waals surface area contributed by atoms with Gasteiger partial charge in [-0.3, -0.25) is 4.98 Å². The molecule has 0 saturated carbocycles. The Morgan fingerprint density at radius 3 is 2.33 bits per heavy atom. The predicted octanol–water partition coefficient (Wildman–Crippen LogP) is 3.99. The Bertz CT molecular complexity index is 617. The fourth-order valence-electron chi connectivity index (χ4n) is 2.45. The zero-order valence-corrected chi connectivity index (χ0v) is 11.8. The van der Waals surface area contributed by atoms with E-state index >= 15 is 0 Å². The summed E-state index contributed by atoms with van der Waals surface area (Å²) in [5, 5.41) is 10.2. The lowest BCUT2D eigenvalue weighted by Gasteiger charge is -2.17. The maximum absolute atomic E-state index is 12.9. The number of alkyl halides is 3. The number of rotatable bonds is 3. The van der Waals surface area contributed by atoms with Crippen LogP contribution in [0.5, 0.6) is 0 Å². The monoisotopic (exact) mass is 295 g/mol. The van der Waals surface area contributed by atoms with Crippen molar-refractivity contribution in [2.75, 3.05) is 0 Å². The molecule has 0 aliphatic heterocycles. The van der Waals surface area contributed by atoms with E-state index in [0.717, 1.165) is 35.2 Å². The quantitative estimate of drug-likeness (QED) is 0.928. The van der Waals surface area contributed by atoms with Crippen LogP contribution >= 0.6 is 0 Å². The van der Waals surface area contributed by atoms with Crippen LogP contribution in [0.4, 0.5) is 13.2 Å². The van der Waals surface area contributed by atoms with E-state index in [4.69, 9.17) is 0 Å². The third-order valence-corrected chi connectivity index (χ3v) is 3.23. The molecule has 0 spiro atoms. The van der Waals surface area contributed by atoms with Gasteiger partial charge in [0.2, 0.25) is 0 Å².